The van der Waals surface area contributed by atoms with Crippen LogP contribution >= 0.6 is 0 Å². The van der Waals surface area contributed by atoms with E-state index in [-0.39, 0.29) is 28.5 Å². The van der Waals surface area contributed by atoms with Gasteiger partial charge in [0.1, 0.15) is 71.1 Å². The van der Waals surface area contributed by atoms with Crippen molar-refractivity contribution in [1.82, 2.24) is 0 Å². The van der Waals surface area contributed by atoms with E-state index in [1.54, 1.807) is 0 Å². The van der Waals surface area contributed by atoms with Gasteiger partial charge in [-0.15, -0.1) is 0 Å². The van der Waals surface area contributed by atoms with Crippen LogP contribution in [0.5, 0.6) is 0 Å². The van der Waals surface area contributed by atoms with Crippen molar-refractivity contribution in [2.45, 2.75) is 181 Å². The van der Waals surface area contributed by atoms with Gasteiger partial charge in [-0.1, -0.05) is 92.7 Å². The van der Waals surface area contributed by atoms with Crippen molar-refractivity contribution >= 4 is 23.1 Å². The molecule has 0 aliphatic heterocycles. The third-order valence-corrected chi connectivity index (χ3v) is 16.7. The predicted molar refractivity (Wildman–Crippen MR) is 282 cm³/mol. The Morgan fingerprint density at radius 2 is 0.753 bits per heavy atom. The quantitative estimate of drug-likeness (QED) is 0.193. The van der Waals surface area contributed by atoms with Crippen molar-refractivity contribution in [3.05, 3.63) is 186 Å². The molecule has 0 aromatic rings. The van der Waals surface area contributed by atoms with Gasteiger partial charge in [0.2, 0.25) is 0 Å². The van der Waals surface area contributed by atoms with Crippen LogP contribution in [0.25, 0.3) is 38.8 Å². The summed E-state index contributed by atoms with van der Waals surface area (Å²) in [6.07, 6.45) is 28.6. The summed E-state index contributed by atoms with van der Waals surface area (Å²) in [5.74, 6) is 0.661. The average molecular weight is 975 g/mol. The molecule has 8 aliphatic carbocycles. The van der Waals surface area contributed by atoms with E-state index < -0.39 is 44.3 Å². The number of hydrogen-bond donors (Lipinski definition) is 0. The van der Waals surface area contributed by atoms with Crippen molar-refractivity contribution < 1.29 is 19.2 Å². The molecule has 0 radical (unpaired) electrons. The zero-order valence-corrected chi connectivity index (χ0v) is 43.8. The second-order valence-corrected chi connectivity index (χ2v) is 22.2. The van der Waals surface area contributed by atoms with Crippen LogP contribution in [0.3, 0.4) is 0 Å². The molecule has 374 valence electrons. The highest BCUT2D eigenvalue weighted by molar-refractivity contribution is 5.92. The number of ketones is 4. The lowest BCUT2D eigenvalue weighted by Gasteiger charge is -2.38. The molecule has 0 saturated carbocycles. The van der Waals surface area contributed by atoms with Gasteiger partial charge in [0.25, 0.3) is 0 Å². The maximum Gasteiger partial charge on any atom is 0.510 e. The van der Waals surface area contributed by atoms with Crippen LogP contribution in [0, 0.1) is 79.7 Å². The number of hydrogen-bond acceptors (Lipinski definition) is 4. The molecule has 0 bridgehead atoms. The molecule has 0 heterocycles. The molecule has 0 aromatic heterocycles. The molecule has 12 nitrogen and oxygen atoms in total. The molecule has 0 N–H and O–H groups in total. The number of nitrogens with zero attached hydrogens (tertiary/aromatic N) is 8. The number of carbonyl (C=O) groups excluding carboxylic acids is 4. The first kappa shape index (κ1) is 56.4. The summed E-state index contributed by atoms with van der Waals surface area (Å²) < 4.78 is 0. The van der Waals surface area contributed by atoms with Gasteiger partial charge in [0.05, 0.1) is 21.7 Å². The molecule has 4 unspecified atom stereocenters. The van der Waals surface area contributed by atoms with Gasteiger partial charge >= 0.3 is 22.7 Å². The van der Waals surface area contributed by atoms with Crippen LogP contribution in [0.2, 0.25) is 0 Å². The Kier molecular flexibility index (Phi) is 16.5. The minimum absolute atomic E-state index is 0.151. The monoisotopic (exact) mass is 975 g/mol. The predicted octanol–water partition coefficient (Wildman–Crippen LogP) is 14.5. The lowest BCUT2D eigenvalue weighted by Crippen LogP contribution is -2.44. The van der Waals surface area contributed by atoms with Crippen molar-refractivity contribution in [3.63, 3.8) is 0 Å². The van der Waals surface area contributed by atoms with Gasteiger partial charge in [0.15, 0.2) is 0 Å². The van der Waals surface area contributed by atoms with Gasteiger partial charge in [-0.05, 0) is 91.4 Å². The second-order valence-electron chi connectivity index (χ2n) is 22.2. The maximum absolute atomic E-state index is 12.6. The Labute approximate surface area is 434 Å². The summed E-state index contributed by atoms with van der Waals surface area (Å²) >= 11 is 0. The van der Waals surface area contributed by atoms with Gasteiger partial charge in [0, 0.05) is 25.7 Å². The molecular formula is C61H66N8O4. The Morgan fingerprint density at radius 3 is 1.16 bits per heavy atom. The first-order valence-electron chi connectivity index (χ1n) is 25.1. The summed E-state index contributed by atoms with van der Waals surface area (Å²) in [7, 11) is 0. The van der Waals surface area contributed by atoms with Crippen molar-refractivity contribution in [2.75, 3.05) is 0 Å². The van der Waals surface area contributed by atoms with Crippen LogP contribution in [-0.4, -0.2) is 45.8 Å². The fourth-order valence-corrected chi connectivity index (χ4v) is 11.9. The third kappa shape index (κ3) is 10.0. The zero-order valence-electron chi connectivity index (χ0n) is 43.8. The molecule has 12 heteroatoms. The van der Waals surface area contributed by atoms with E-state index >= 15 is 0 Å². The molecule has 0 aromatic carbocycles. The van der Waals surface area contributed by atoms with Gasteiger partial charge in [-0.25, -0.2) is 91.3 Å². The normalized spacial score (nSPS) is 30.3. The molecule has 0 fully saturated rings. The minimum Gasteiger partial charge on any atom is -0.299 e. The fourth-order valence-electron chi connectivity index (χ4n) is 11.9. The lowest BCUT2D eigenvalue weighted by molar-refractivity contribution is -0.129. The Bertz CT molecular complexity index is 2910. The molecule has 0 amide bonds. The molecule has 73 heavy (non-hydrogen) atoms. The summed E-state index contributed by atoms with van der Waals surface area (Å²) in [4.78, 5) is 78.1. The van der Waals surface area contributed by atoms with Gasteiger partial charge in [-0.2, -0.15) is 0 Å². The highest BCUT2D eigenvalue weighted by Gasteiger charge is 2.63. The highest BCUT2D eigenvalue weighted by atomic mass is 16.1. The largest absolute Gasteiger partial charge is 0.510 e. The van der Waals surface area contributed by atoms with E-state index in [0.717, 1.165) is 39.9 Å². The van der Waals surface area contributed by atoms with E-state index in [1.165, 1.54) is 0 Å². The Hall–Kier alpha value is -7.48. The number of allylic oxidation sites excluding steroid dienone is 8. The number of fused-ring (bicyclic) bond motifs is 4. The number of Topliss-reactive ketones (excluding diaryl/α,β-unsaturated/α-hetero) is 4. The minimum atomic E-state index is -1.23. The molecule has 8 rings (SSSR count). The second kappa shape index (κ2) is 21.3. The SMILES string of the molecule is [C-]#[N+]C1([N+]#[C-])CC(C)=CCC2(C)C(=O)CCC=C12.[C-]#[N+]C1([N+]#[C-])CC(CC)=CCC2(C)C(=O)CCC=C12.[C-]#[N+]C1([N+]#[C-])CC=CCC2(C)C(=O)CC(C)(C)C=C12.[C-]#[N+]C1([N+]#[C-])CC=CCC2(C)C(=O)CCC=C12. The van der Waals surface area contributed by atoms with Crippen LogP contribution in [0.15, 0.2) is 94.2 Å². The number of rotatable bonds is 1. The third-order valence-electron chi connectivity index (χ3n) is 16.7. The molecular weight excluding hydrogens is 909 g/mol. The molecule has 8 aliphatic rings. The number of carbonyl (C=O) groups is 4. The van der Waals surface area contributed by atoms with E-state index in [1.807, 2.05) is 110 Å². The highest BCUT2D eigenvalue weighted by Crippen LogP contribution is 2.54. The van der Waals surface area contributed by atoms with Gasteiger partial charge < -0.3 is 0 Å². The average Bonchev–Trinajstić information content (AvgIpc) is 3.75. The van der Waals surface area contributed by atoms with Crippen molar-refractivity contribution in [2.24, 2.45) is 27.1 Å². The standard InChI is InChI=1S/2C16H18N2O.C15H16N2O.C14H14N2O/c1-14(2)10-12-15(3,13(19)11-14)8-6-7-9-16(12,17-4)18-5;1-5-12-9-10-15(2)13(7-6-8-14(15)19)16(11-12,17-3)18-4;1-11-8-9-14(2)12(6-5-7-13(14)18)15(10-11,16-3)17-4;1-13-9-4-5-10-14(15-2,16-3)11(13)7-6-8-12(13)17/h6-7,10H,8-9,11H2,1-3H3;7,9H,5-6,8,10-11H2,1-2H3;6,8H,5,7,9-10H2,1-2H3;4-5,7H,6,8-10H2,1H3. The van der Waals surface area contributed by atoms with Gasteiger partial charge in [-0.3, -0.25) is 19.2 Å². The first-order chi connectivity index (χ1) is 34.4. The van der Waals surface area contributed by atoms with E-state index in [9.17, 15) is 19.2 Å². The summed E-state index contributed by atoms with van der Waals surface area (Å²) in [5, 5.41) is 0. The summed E-state index contributed by atoms with van der Waals surface area (Å²) in [5.41, 5.74) is -2.58. The summed E-state index contributed by atoms with van der Waals surface area (Å²) in [6, 6.07) is 0. The topological polar surface area (TPSA) is 103 Å². The van der Waals surface area contributed by atoms with E-state index in [0.29, 0.717) is 96.3 Å². The Balaban J connectivity index is 0.000000181. The van der Waals surface area contributed by atoms with Crippen molar-refractivity contribution in [1.29, 1.82) is 0 Å². The van der Waals surface area contributed by atoms with Crippen molar-refractivity contribution in [3.8, 4) is 0 Å². The van der Waals surface area contributed by atoms with Crippen LogP contribution in [-0.2, 0) is 19.2 Å². The van der Waals surface area contributed by atoms with E-state index in [4.69, 9.17) is 52.6 Å². The summed E-state index contributed by atoms with van der Waals surface area (Å²) in [6.45, 7) is 75.1. The first-order valence-corrected chi connectivity index (χ1v) is 25.1. The molecule has 0 spiro atoms. The fraction of sp³-hybridized carbons (Fsp3) is 0.541. The smallest absolute Gasteiger partial charge is 0.299 e. The van der Waals surface area contributed by atoms with Crippen LogP contribution in [0.1, 0.15) is 158 Å². The molecule has 4 atom stereocenters. The lowest BCUT2D eigenvalue weighted by atomic mass is 9.61. The zero-order chi connectivity index (χ0) is 54.3. The van der Waals surface area contributed by atoms with Crippen LogP contribution < -0.4 is 0 Å². The Morgan fingerprint density at radius 1 is 0.411 bits per heavy atom. The van der Waals surface area contributed by atoms with Crippen LogP contribution in [0.4, 0.5) is 0 Å². The van der Waals surface area contributed by atoms with E-state index in [2.05, 4.69) is 44.8 Å². The molecule has 0 saturated heterocycles. The maximum atomic E-state index is 12.6.